The highest BCUT2D eigenvalue weighted by atomic mass is 19.2. The highest BCUT2D eigenvalue weighted by Gasteiger charge is 2.26. The highest BCUT2D eigenvalue weighted by Crippen LogP contribution is 2.21. The first-order valence-corrected chi connectivity index (χ1v) is 3.47. The minimum Gasteiger partial charge on any atom is -0.265 e. The Hall–Kier alpha value is -1.92. The molecule has 0 bridgehead atoms. The number of benzene rings is 1. The van der Waals surface area contributed by atoms with Gasteiger partial charge in [0.1, 0.15) is 5.56 Å². The fourth-order valence-corrected chi connectivity index (χ4v) is 0.956. The lowest BCUT2D eigenvalue weighted by Crippen LogP contribution is -2.12. The van der Waals surface area contributed by atoms with Crippen molar-refractivity contribution < 1.29 is 27.2 Å². The van der Waals surface area contributed by atoms with Crippen LogP contribution in [0.4, 0.5) is 17.6 Å². The van der Waals surface area contributed by atoms with E-state index in [0.717, 1.165) is 0 Å². The quantitative estimate of drug-likeness (QED) is 0.429. The Morgan fingerprint density at radius 2 is 1.67 bits per heavy atom. The molecule has 0 aliphatic carbocycles. The summed E-state index contributed by atoms with van der Waals surface area (Å²) in [7, 11) is 0. The topological polar surface area (TPSA) is 56.4 Å². The Bertz CT molecular complexity index is 458. The number of nitrogens with zero attached hydrogens (tertiary/aromatic N) is 1. The molecule has 0 fully saturated rings. The van der Waals surface area contributed by atoms with E-state index in [9.17, 15) is 27.2 Å². The predicted molar refractivity (Wildman–Crippen MR) is 38.2 cm³/mol. The van der Waals surface area contributed by atoms with E-state index in [-0.39, 0.29) is 6.07 Å². The Balaban J connectivity index is 3.65. The molecule has 0 heterocycles. The van der Waals surface area contributed by atoms with Gasteiger partial charge in [-0.3, -0.25) is 9.59 Å². The summed E-state index contributed by atoms with van der Waals surface area (Å²) in [5, 5.41) is 0. The highest BCUT2D eigenvalue weighted by molar-refractivity contribution is 6.04. The molecule has 1 aromatic carbocycles. The number of amides is 1. The molecule has 0 unspecified atom stereocenters. The zero-order chi connectivity index (χ0) is 11.7. The number of carbonyl (C=O) groups excluding carboxylic acids is 2. The van der Waals surface area contributed by atoms with Crippen LogP contribution in [-0.4, -0.2) is 11.9 Å². The smallest absolute Gasteiger partial charge is 0.265 e. The van der Waals surface area contributed by atoms with Gasteiger partial charge in [-0.2, -0.15) is 4.39 Å². The molecule has 78 valence electrons. The Morgan fingerprint density at radius 1 is 1.13 bits per heavy atom. The maximum Gasteiger partial charge on any atom is 0.336 e. The molecular weight excluding hydrogens is 218 g/mol. The van der Waals surface area contributed by atoms with Crippen molar-refractivity contribution in [2.45, 2.75) is 0 Å². The lowest BCUT2D eigenvalue weighted by Gasteiger charge is -2.03. The third kappa shape index (κ3) is 1.80. The van der Waals surface area contributed by atoms with Crippen LogP contribution in [0.25, 0.3) is 0 Å². The van der Waals surface area contributed by atoms with Crippen molar-refractivity contribution in [2.75, 3.05) is 0 Å². The Labute approximate surface area is 80.5 Å². The van der Waals surface area contributed by atoms with E-state index in [1.165, 1.54) is 0 Å². The van der Waals surface area contributed by atoms with Crippen LogP contribution in [0.1, 0.15) is 20.7 Å². The fraction of sp³-hybridized carbons (Fsp3) is 0. The van der Waals surface area contributed by atoms with Crippen molar-refractivity contribution >= 4 is 11.9 Å². The summed E-state index contributed by atoms with van der Waals surface area (Å²) in [4.78, 5) is 20.6. The molecule has 3 nitrogen and oxygen atoms in total. The molecule has 7 heteroatoms. The summed E-state index contributed by atoms with van der Waals surface area (Å²) in [5.74, 6) is -8.00. The first-order chi connectivity index (χ1) is 6.86. The third-order valence-corrected chi connectivity index (χ3v) is 1.59. The molecule has 0 N–H and O–H groups in total. The SMILES string of the molecule is [N]C(=O)c1cc(F)c(F)c(F)c1C(=O)F. The largest absolute Gasteiger partial charge is 0.336 e. The van der Waals surface area contributed by atoms with Crippen LogP contribution < -0.4 is 5.73 Å². The number of hydrogen-bond acceptors (Lipinski definition) is 2. The van der Waals surface area contributed by atoms with Crippen molar-refractivity contribution in [3.63, 3.8) is 0 Å². The van der Waals surface area contributed by atoms with Gasteiger partial charge in [-0.1, -0.05) is 0 Å². The number of carbonyl (C=O) groups is 2. The van der Waals surface area contributed by atoms with Gasteiger partial charge in [0.15, 0.2) is 17.5 Å². The second kappa shape index (κ2) is 3.68. The monoisotopic (exact) mass is 219 g/mol. The first kappa shape index (κ1) is 11.2. The second-order valence-corrected chi connectivity index (χ2v) is 2.49. The van der Waals surface area contributed by atoms with Crippen LogP contribution in [0.15, 0.2) is 6.07 Å². The summed E-state index contributed by atoms with van der Waals surface area (Å²) < 4.78 is 50.1. The maximum atomic E-state index is 12.8. The van der Waals surface area contributed by atoms with Gasteiger partial charge in [-0.25, -0.2) is 13.2 Å². The average Bonchev–Trinajstić information content (AvgIpc) is 2.12. The fourth-order valence-electron chi connectivity index (χ4n) is 0.956. The Morgan fingerprint density at radius 3 is 2.07 bits per heavy atom. The van der Waals surface area contributed by atoms with Gasteiger partial charge in [0.05, 0.1) is 5.56 Å². The van der Waals surface area contributed by atoms with E-state index in [0.29, 0.717) is 0 Å². The summed E-state index contributed by atoms with van der Waals surface area (Å²) in [6.07, 6.45) is 0. The minimum atomic E-state index is -2.48. The molecule has 1 amide bonds. The summed E-state index contributed by atoms with van der Waals surface area (Å²) in [5.41, 5.74) is 5.49. The predicted octanol–water partition coefficient (Wildman–Crippen LogP) is 1.42. The van der Waals surface area contributed by atoms with E-state index in [2.05, 4.69) is 0 Å². The van der Waals surface area contributed by atoms with E-state index in [1.54, 1.807) is 0 Å². The lowest BCUT2D eigenvalue weighted by molar-refractivity contribution is 0.0821. The van der Waals surface area contributed by atoms with E-state index in [4.69, 9.17) is 5.73 Å². The molecule has 0 atom stereocenters. The van der Waals surface area contributed by atoms with Crippen LogP contribution >= 0.6 is 0 Å². The zero-order valence-corrected chi connectivity index (χ0v) is 6.85. The molecule has 1 aromatic rings. The first-order valence-electron chi connectivity index (χ1n) is 3.47. The zero-order valence-electron chi connectivity index (χ0n) is 6.85. The molecule has 1 rings (SSSR count). The van der Waals surface area contributed by atoms with Crippen molar-refractivity contribution in [1.29, 1.82) is 0 Å². The van der Waals surface area contributed by atoms with E-state index < -0.39 is 40.5 Å². The van der Waals surface area contributed by atoms with Gasteiger partial charge in [0, 0.05) is 0 Å². The van der Waals surface area contributed by atoms with Gasteiger partial charge in [0.25, 0.3) is 5.91 Å². The van der Waals surface area contributed by atoms with Crippen LogP contribution in [0.5, 0.6) is 0 Å². The van der Waals surface area contributed by atoms with Gasteiger partial charge in [-0.05, 0) is 6.07 Å². The molecule has 0 aliphatic rings. The van der Waals surface area contributed by atoms with E-state index >= 15 is 0 Å². The second-order valence-electron chi connectivity index (χ2n) is 2.49. The van der Waals surface area contributed by atoms with Crippen molar-refractivity contribution in [2.24, 2.45) is 0 Å². The third-order valence-electron chi connectivity index (χ3n) is 1.59. The van der Waals surface area contributed by atoms with E-state index in [1.807, 2.05) is 0 Å². The van der Waals surface area contributed by atoms with Crippen LogP contribution in [0, 0.1) is 17.5 Å². The van der Waals surface area contributed by atoms with Crippen LogP contribution in [0.2, 0.25) is 0 Å². The van der Waals surface area contributed by atoms with Gasteiger partial charge >= 0.3 is 6.04 Å². The van der Waals surface area contributed by atoms with Gasteiger partial charge in [0.2, 0.25) is 0 Å². The van der Waals surface area contributed by atoms with Crippen molar-refractivity contribution in [3.8, 4) is 0 Å². The molecule has 0 saturated carbocycles. The maximum absolute atomic E-state index is 12.8. The summed E-state index contributed by atoms with van der Waals surface area (Å²) in [6.45, 7) is 0. The molecular formula is C8HF4NO2. The normalized spacial score (nSPS) is 10.1. The Kier molecular flexibility index (Phi) is 2.74. The van der Waals surface area contributed by atoms with Gasteiger partial charge < -0.3 is 0 Å². The van der Waals surface area contributed by atoms with Crippen molar-refractivity contribution in [3.05, 3.63) is 34.6 Å². The molecule has 15 heavy (non-hydrogen) atoms. The van der Waals surface area contributed by atoms with Crippen molar-refractivity contribution in [1.82, 2.24) is 5.73 Å². The summed E-state index contributed by atoms with van der Waals surface area (Å²) >= 11 is 0. The summed E-state index contributed by atoms with van der Waals surface area (Å²) in [6, 6.07) is -2.45. The standard InChI is InChI=1S/C8HF4NO2/c9-3-1-2(8(13)15)4(7(12)14)6(11)5(3)10/h1H. The molecule has 0 saturated heterocycles. The molecule has 0 spiro atoms. The molecule has 0 aliphatic heterocycles. The molecule has 2 radical (unpaired) electrons. The van der Waals surface area contributed by atoms with Crippen LogP contribution in [-0.2, 0) is 0 Å². The van der Waals surface area contributed by atoms with Crippen LogP contribution in [0.3, 0.4) is 0 Å². The number of rotatable bonds is 2. The number of halogens is 4. The minimum absolute atomic E-state index is 0.0353. The average molecular weight is 219 g/mol. The lowest BCUT2D eigenvalue weighted by atomic mass is 10.1. The number of hydrogen-bond donors (Lipinski definition) is 0. The molecule has 0 aromatic heterocycles. The van der Waals surface area contributed by atoms with Gasteiger partial charge in [-0.15, -0.1) is 5.73 Å².